The van der Waals surface area contributed by atoms with E-state index in [2.05, 4.69) is 15.2 Å². The van der Waals surface area contributed by atoms with Crippen LogP contribution in [0.25, 0.3) is 0 Å². The Morgan fingerprint density at radius 2 is 2.26 bits per heavy atom. The van der Waals surface area contributed by atoms with Crippen molar-refractivity contribution in [1.82, 2.24) is 20.1 Å². The first kappa shape index (κ1) is 13.0. The number of nitrogen functional groups attached to an aromatic ring is 1. The van der Waals surface area contributed by atoms with Crippen molar-refractivity contribution >= 4 is 11.6 Å². The summed E-state index contributed by atoms with van der Waals surface area (Å²) in [6, 6.07) is 2.66. The van der Waals surface area contributed by atoms with Crippen LogP contribution < -0.4 is 5.73 Å². The van der Waals surface area contributed by atoms with Crippen LogP contribution in [-0.2, 0) is 6.54 Å². The third-order valence-corrected chi connectivity index (χ3v) is 2.83. The normalized spacial score (nSPS) is 10.5. The average molecular weight is 263 g/mol. The molecule has 1 heterocycles. The highest BCUT2D eigenvalue weighted by Gasteiger charge is 2.16. The van der Waals surface area contributed by atoms with Crippen molar-refractivity contribution in [2.45, 2.75) is 13.5 Å². The lowest BCUT2D eigenvalue weighted by Crippen LogP contribution is -2.27. The first-order valence-corrected chi connectivity index (χ1v) is 5.64. The van der Waals surface area contributed by atoms with Gasteiger partial charge in [-0.3, -0.25) is 9.89 Å². The van der Waals surface area contributed by atoms with Gasteiger partial charge in [-0.1, -0.05) is 0 Å². The number of aromatic amines is 1. The second-order valence-corrected chi connectivity index (χ2v) is 4.27. The van der Waals surface area contributed by atoms with Crippen molar-refractivity contribution in [2.75, 3.05) is 12.8 Å². The maximum absolute atomic E-state index is 13.6. The number of nitrogens with zero attached hydrogens (tertiary/aromatic N) is 3. The maximum Gasteiger partial charge on any atom is 0.254 e. The summed E-state index contributed by atoms with van der Waals surface area (Å²) in [5, 5.41) is 6.35. The molecule has 2 rings (SSSR count). The van der Waals surface area contributed by atoms with Gasteiger partial charge >= 0.3 is 0 Å². The molecule has 0 spiro atoms. The van der Waals surface area contributed by atoms with Crippen molar-refractivity contribution < 1.29 is 9.18 Å². The molecule has 19 heavy (non-hydrogen) atoms. The Kier molecular flexibility index (Phi) is 3.46. The standard InChI is InChI=1S/C12H14FN5O/c1-7-9(13)3-8(4-10(7)14)12(19)18(2)5-11-15-6-16-17-11/h3-4,6H,5,14H2,1-2H3,(H,15,16,17). The zero-order chi connectivity index (χ0) is 14.0. The van der Waals surface area contributed by atoms with Gasteiger partial charge in [0, 0.05) is 23.9 Å². The number of halogens is 1. The Labute approximate surface area is 109 Å². The molecule has 0 fully saturated rings. The van der Waals surface area contributed by atoms with E-state index >= 15 is 0 Å². The highest BCUT2D eigenvalue weighted by atomic mass is 19.1. The molecule has 0 bridgehead atoms. The molecule has 0 aliphatic carbocycles. The van der Waals surface area contributed by atoms with Crippen LogP contribution in [0.2, 0.25) is 0 Å². The number of rotatable bonds is 3. The quantitative estimate of drug-likeness (QED) is 0.812. The van der Waals surface area contributed by atoms with Crippen LogP contribution in [0, 0.1) is 12.7 Å². The number of hydrogen-bond donors (Lipinski definition) is 2. The third-order valence-electron chi connectivity index (χ3n) is 2.83. The molecular formula is C12H14FN5O. The lowest BCUT2D eigenvalue weighted by Gasteiger charge is -2.16. The molecule has 7 heteroatoms. The Hall–Kier alpha value is -2.44. The number of aromatic nitrogens is 3. The van der Waals surface area contributed by atoms with Gasteiger partial charge < -0.3 is 10.6 Å². The number of H-pyrrole nitrogens is 1. The number of hydrogen-bond acceptors (Lipinski definition) is 4. The van der Waals surface area contributed by atoms with Gasteiger partial charge in [0.05, 0.1) is 6.54 Å². The minimum absolute atomic E-state index is 0.211. The molecule has 3 N–H and O–H groups in total. The maximum atomic E-state index is 13.6. The first-order valence-electron chi connectivity index (χ1n) is 5.64. The fourth-order valence-corrected chi connectivity index (χ4v) is 1.65. The Balaban J connectivity index is 2.19. The van der Waals surface area contributed by atoms with Crippen molar-refractivity contribution in [3.63, 3.8) is 0 Å². The number of carbonyl (C=O) groups is 1. The van der Waals surface area contributed by atoms with Crippen LogP contribution in [0.1, 0.15) is 21.7 Å². The van der Waals surface area contributed by atoms with Gasteiger partial charge in [-0.15, -0.1) is 0 Å². The summed E-state index contributed by atoms with van der Waals surface area (Å²) < 4.78 is 13.6. The van der Waals surface area contributed by atoms with Gasteiger partial charge in [-0.25, -0.2) is 9.37 Å². The number of benzene rings is 1. The van der Waals surface area contributed by atoms with E-state index < -0.39 is 5.82 Å². The van der Waals surface area contributed by atoms with E-state index in [0.717, 1.165) is 0 Å². The Morgan fingerprint density at radius 3 is 2.84 bits per heavy atom. The molecule has 0 aliphatic rings. The SMILES string of the molecule is Cc1c(N)cc(C(=O)N(C)Cc2ncn[nH]2)cc1F. The molecule has 0 atom stereocenters. The molecule has 100 valence electrons. The molecule has 1 amide bonds. The zero-order valence-electron chi connectivity index (χ0n) is 10.6. The number of carbonyl (C=O) groups excluding carboxylic acids is 1. The average Bonchev–Trinajstić information content (AvgIpc) is 2.87. The van der Waals surface area contributed by atoms with E-state index in [4.69, 9.17) is 5.73 Å². The van der Waals surface area contributed by atoms with E-state index in [-0.39, 0.29) is 23.7 Å². The molecule has 6 nitrogen and oxygen atoms in total. The highest BCUT2D eigenvalue weighted by Crippen LogP contribution is 2.18. The summed E-state index contributed by atoms with van der Waals surface area (Å²) in [6.45, 7) is 1.82. The fraction of sp³-hybridized carbons (Fsp3) is 0.250. The Bertz CT molecular complexity index is 573. The molecule has 0 radical (unpaired) electrons. The summed E-state index contributed by atoms with van der Waals surface area (Å²) in [4.78, 5) is 17.5. The van der Waals surface area contributed by atoms with E-state index in [1.54, 1.807) is 14.0 Å². The lowest BCUT2D eigenvalue weighted by atomic mass is 10.1. The molecule has 0 saturated carbocycles. The topological polar surface area (TPSA) is 87.9 Å². The van der Waals surface area contributed by atoms with Crippen molar-refractivity contribution in [1.29, 1.82) is 0 Å². The number of nitrogens with two attached hydrogens (primary N) is 1. The third kappa shape index (κ3) is 2.70. The van der Waals surface area contributed by atoms with Gasteiger partial charge in [-0.05, 0) is 19.1 Å². The van der Waals surface area contributed by atoms with Crippen LogP contribution in [0.15, 0.2) is 18.5 Å². The van der Waals surface area contributed by atoms with Gasteiger partial charge in [0.15, 0.2) is 0 Å². The van der Waals surface area contributed by atoms with Gasteiger partial charge in [0.25, 0.3) is 5.91 Å². The number of nitrogens with one attached hydrogen (secondary N) is 1. The van der Waals surface area contributed by atoms with Crippen LogP contribution in [0.4, 0.5) is 10.1 Å². The highest BCUT2D eigenvalue weighted by molar-refractivity contribution is 5.95. The van der Waals surface area contributed by atoms with Crippen molar-refractivity contribution in [3.8, 4) is 0 Å². The summed E-state index contributed by atoms with van der Waals surface area (Å²) >= 11 is 0. The Morgan fingerprint density at radius 1 is 1.53 bits per heavy atom. The van der Waals surface area contributed by atoms with Crippen LogP contribution in [0.5, 0.6) is 0 Å². The van der Waals surface area contributed by atoms with Gasteiger partial charge in [0.2, 0.25) is 0 Å². The van der Waals surface area contributed by atoms with Crippen molar-refractivity contribution in [2.24, 2.45) is 0 Å². The second-order valence-electron chi connectivity index (χ2n) is 4.27. The fourth-order valence-electron chi connectivity index (χ4n) is 1.65. The van der Waals surface area contributed by atoms with E-state index in [1.165, 1.54) is 23.4 Å². The summed E-state index contributed by atoms with van der Waals surface area (Å²) in [5.74, 6) is -0.269. The van der Waals surface area contributed by atoms with Gasteiger partial charge in [0.1, 0.15) is 18.0 Å². The summed E-state index contributed by atoms with van der Waals surface area (Å²) in [6.07, 6.45) is 1.36. The minimum Gasteiger partial charge on any atom is -0.398 e. The van der Waals surface area contributed by atoms with E-state index in [1.807, 2.05) is 0 Å². The van der Waals surface area contributed by atoms with Crippen LogP contribution in [0.3, 0.4) is 0 Å². The summed E-state index contributed by atoms with van der Waals surface area (Å²) in [7, 11) is 1.60. The predicted molar refractivity (Wildman–Crippen MR) is 67.7 cm³/mol. The number of anilines is 1. The number of amides is 1. The molecule has 0 unspecified atom stereocenters. The van der Waals surface area contributed by atoms with Crippen LogP contribution >= 0.6 is 0 Å². The monoisotopic (exact) mass is 263 g/mol. The largest absolute Gasteiger partial charge is 0.398 e. The first-order chi connectivity index (χ1) is 8.99. The van der Waals surface area contributed by atoms with E-state index in [0.29, 0.717) is 11.4 Å². The molecule has 1 aromatic heterocycles. The smallest absolute Gasteiger partial charge is 0.254 e. The lowest BCUT2D eigenvalue weighted by molar-refractivity contribution is 0.0781. The molecular weight excluding hydrogens is 249 g/mol. The minimum atomic E-state index is -0.489. The predicted octanol–water partition coefficient (Wildman–Crippen LogP) is 1.11. The molecule has 0 saturated heterocycles. The second kappa shape index (κ2) is 5.05. The van der Waals surface area contributed by atoms with Crippen molar-refractivity contribution in [3.05, 3.63) is 41.2 Å². The molecule has 0 aliphatic heterocycles. The van der Waals surface area contributed by atoms with Crippen LogP contribution in [-0.4, -0.2) is 33.0 Å². The molecule has 1 aromatic carbocycles. The zero-order valence-corrected chi connectivity index (χ0v) is 10.6. The summed E-state index contributed by atoms with van der Waals surface area (Å²) in [5.41, 5.74) is 6.47. The van der Waals surface area contributed by atoms with E-state index in [9.17, 15) is 9.18 Å². The van der Waals surface area contributed by atoms with Gasteiger partial charge in [-0.2, -0.15) is 5.10 Å². The molecule has 2 aromatic rings.